The van der Waals surface area contributed by atoms with Gasteiger partial charge in [-0.3, -0.25) is 10.1 Å². The summed E-state index contributed by atoms with van der Waals surface area (Å²) in [5, 5.41) is 3.31. The van der Waals surface area contributed by atoms with E-state index in [1.165, 1.54) is 27.8 Å². The quantitative estimate of drug-likeness (QED) is 0.613. The minimum Gasteiger partial charge on any atom is -0.487 e. The fourth-order valence-corrected chi connectivity index (χ4v) is 6.59. The normalized spacial score (nSPS) is 18.3. The van der Waals surface area contributed by atoms with E-state index in [4.69, 9.17) is 4.74 Å². The Kier molecular flexibility index (Phi) is 5.48. The molecular weight excluding hydrogens is 446 g/mol. The highest BCUT2D eigenvalue weighted by Gasteiger charge is 2.29. The number of fused-ring (bicyclic) bond motifs is 3. The third-order valence-corrected chi connectivity index (χ3v) is 8.62. The van der Waals surface area contributed by atoms with Crippen LogP contribution in [0.1, 0.15) is 35.0 Å². The number of rotatable bonds is 4. The number of anilines is 1. The zero-order valence-electron chi connectivity index (χ0n) is 17.6. The molecule has 0 bridgehead atoms. The Morgan fingerprint density at radius 3 is 2.75 bits per heavy atom. The summed E-state index contributed by atoms with van der Waals surface area (Å²) in [6.07, 6.45) is 1.91. The minimum absolute atomic E-state index is 0.210. The van der Waals surface area contributed by atoms with Gasteiger partial charge in [0, 0.05) is 24.2 Å². The van der Waals surface area contributed by atoms with E-state index < -0.39 is 10.0 Å². The summed E-state index contributed by atoms with van der Waals surface area (Å²) in [5.74, 6) is 0.800. The summed E-state index contributed by atoms with van der Waals surface area (Å²) in [6.45, 7) is 3.56. The first-order valence-corrected chi connectivity index (χ1v) is 12.8. The van der Waals surface area contributed by atoms with Crippen molar-refractivity contribution in [3.63, 3.8) is 0 Å². The number of thiazole rings is 1. The lowest BCUT2D eigenvalue weighted by molar-refractivity contribution is 0.102. The van der Waals surface area contributed by atoms with Crippen LogP contribution < -0.4 is 10.1 Å². The molecule has 1 amide bonds. The summed E-state index contributed by atoms with van der Waals surface area (Å²) in [7, 11) is -3.55. The van der Waals surface area contributed by atoms with E-state index >= 15 is 0 Å². The second-order valence-corrected chi connectivity index (χ2v) is 11.2. The molecule has 9 heteroatoms. The zero-order valence-corrected chi connectivity index (χ0v) is 19.2. The van der Waals surface area contributed by atoms with Gasteiger partial charge in [0.05, 0.1) is 15.5 Å². The molecule has 3 aromatic rings. The number of nitrogens with one attached hydrogen (secondary N) is 1. The fraction of sp³-hybridized carbons (Fsp3) is 0.304. The summed E-state index contributed by atoms with van der Waals surface area (Å²) in [4.78, 5) is 18.5. The Balaban J connectivity index is 1.32. The lowest BCUT2D eigenvalue weighted by Crippen LogP contribution is -2.39. The molecule has 3 heterocycles. The van der Waals surface area contributed by atoms with Crippen LogP contribution >= 0.6 is 11.3 Å². The number of carbonyl (C=O) groups excluding carboxylic acids is 1. The summed E-state index contributed by atoms with van der Waals surface area (Å²) < 4.78 is 33.1. The van der Waals surface area contributed by atoms with E-state index in [0.29, 0.717) is 36.3 Å². The molecule has 1 N–H and O–H groups in total. The molecule has 1 saturated heterocycles. The molecule has 1 aromatic heterocycles. The van der Waals surface area contributed by atoms with Gasteiger partial charge in [-0.15, -0.1) is 0 Å². The van der Waals surface area contributed by atoms with Crippen molar-refractivity contribution in [1.82, 2.24) is 9.29 Å². The smallest absolute Gasteiger partial charge is 0.257 e. The Hall–Kier alpha value is -2.75. The highest BCUT2D eigenvalue weighted by atomic mass is 32.2. The Morgan fingerprint density at radius 1 is 1.19 bits per heavy atom. The van der Waals surface area contributed by atoms with Crippen molar-refractivity contribution in [3.05, 3.63) is 59.0 Å². The van der Waals surface area contributed by atoms with Gasteiger partial charge in [0.25, 0.3) is 5.91 Å². The van der Waals surface area contributed by atoms with Crippen LogP contribution in [0.25, 0.3) is 11.3 Å². The Bertz CT molecular complexity index is 1270. The van der Waals surface area contributed by atoms with Crippen LogP contribution in [0.3, 0.4) is 0 Å². The van der Waals surface area contributed by atoms with Gasteiger partial charge in [0.15, 0.2) is 5.13 Å². The molecular formula is C23H23N3O4S2. The average Bonchev–Trinajstić information content (AvgIpc) is 3.22. The maximum Gasteiger partial charge on any atom is 0.257 e. The van der Waals surface area contributed by atoms with Crippen molar-refractivity contribution in [2.75, 3.05) is 18.4 Å². The lowest BCUT2D eigenvalue weighted by Gasteiger charge is -2.30. The van der Waals surface area contributed by atoms with E-state index in [0.717, 1.165) is 34.7 Å². The molecule has 2 aliphatic rings. The van der Waals surface area contributed by atoms with Crippen molar-refractivity contribution in [1.29, 1.82) is 0 Å². The van der Waals surface area contributed by atoms with Crippen molar-refractivity contribution < 1.29 is 17.9 Å². The third-order valence-electron chi connectivity index (χ3n) is 5.79. The first kappa shape index (κ1) is 21.1. The molecule has 2 aliphatic heterocycles. The molecule has 0 spiro atoms. The van der Waals surface area contributed by atoms with Gasteiger partial charge in [0.2, 0.25) is 10.0 Å². The van der Waals surface area contributed by atoms with Crippen LogP contribution in [0.2, 0.25) is 0 Å². The molecule has 1 fully saturated rings. The van der Waals surface area contributed by atoms with Crippen molar-refractivity contribution in [2.24, 2.45) is 5.92 Å². The summed E-state index contributed by atoms with van der Waals surface area (Å²) in [6, 6.07) is 13.8. The highest BCUT2D eigenvalue weighted by molar-refractivity contribution is 7.89. The topological polar surface area (TPSA) is 88.6 Å². The van der Waals surface area contributed by atoms with Gasteiger partial charge in [-0.05, 0) is 55.2 Å². The monoisotopic (exact) mass is 469 g/mol. The van der Waals surface area contributed by atoms with Crippen LogP contribution in [0, 0.1) is 5.92 Å². The van der Waals surface area contributed by atoms with E-state index in [2.05, 4.69) is 17.2 Å². The SMILES string of the molecule is C[C@H]1CCCN(S(=O)(=O)c2ccc(C(=O)Nc3nc4c(s3)COc3ccccc3-4)cc2)C1. The first-order chi connectivity index (χ1) is 15.4. The van der Waals surface area contributed by atoms with E-state index in [9.17, 15) is 13.2 Å². The molecule has 1 atom stereocenters. The Labute approximate surface area is 191 Å². The van der Waals surface area contributed by atoms with Crippen LogP contribution in [0.5, 0.6) is 5.75 Å². The highest BCUT2D eigenvalue weighted by Crippen LogP contribution is 2.40. The standard InChI is InChI=1S/C23H23N3O4S2/c1-15-5-4-12-26(13-15)32(28,29)17-10-8-16(9-11-17)22(27)25-23-24-21-18-6-2-3-7-19(18)30-14-20(21)31-23/h2-3,6-11,15H,4-5,12-14H2,1H3,(H,24,25,27)/t15-/m0/s1. The summed E-state index contributed by atoms with van der Waals surface area (Å²) >= 11 is 1.38. The van der Waals surface area contributed by atoms with Gasteiger partial charge >= 0.3 is 0 Å². The zero-order chi connectivity index (χ0) is 22.3. The molecule has 32 heavy (non-hydrogen) atoms. The Morgan fingerprint density at radius 2 is 1.97 bits per heavy atom. The molecule has 7 nitrogen and oxygen atoms in total. The first-order valence-electron chi connectivity index (χ1n) is 10.6. The van der Waals surface area contributed by atoms with Crippen molar-refractivity contribution in [2.45, 2.75) is 31.3 Å². The number of piperidine rings is 1. The number of ether oxygens (including phenoxy) is 1. The number of aromatic nitrogens is 1. The van der Waals surface area contributed by atoms with Crippen LogP contribution in [0.15, 0.2) is 53.4 Å². The molecule has 166 valence electrons. The second-order valence-electron chi connectivity index (χ2n) is 8.16. The van der Waals surface area contributed by atoms with Gasteiger partial charge in [-0.1, -0.05) is 30.4 Å². The maximum atomic E-state index is 12.9. The number of nitrogens with zero attached hydrogens (tertiary/aromatic N) is 2. The second kappa shape index (κ2) is 8.31. The van der Waals surface area contributed by atoms with Crippen molar-refractivity contribution >= 4 is 32.4 Å². The van der Waals surface area contributed by atoms with Gasteiger partial charge < -0.3 is 4.74 Å². The number of hydrogen-bond acceptors (Lipinski definition) is 6. The number of amides is 1. The number of hydrogen-bond donors (Lipinski definition) is 1. The van der Waals surface area contributed by atoms with Gasteiger partial charge in [0.1, 0.15) is 12.4 Å². The number of sulfonamides is 1. The third kappa shape index (κ3) is 3.92. The predicted octanol–water partition coefficient (Wildman–Crippen LogP) is 4.38. The van der Waals surface area contributed by atoms with Crippen LogP contribution in [0.4, 0.5) is 5.13 Å². The largest absolute Gasteiger partial charge is 0.487 e. The van der Waals surface area contributed by atoms with E-state index in [-0.39, 0.29) is 10.8 Å². The lowest BCUT2D eigenvalue weighted by atomic mass is 10.0. The minimum atomic E-state index is -3.55. The van der Waals surface area contributed by atoms with Gasteiger partial charge in [-0.25, -0.2) is 13.4 Å². The van der Waals surface area contributed by atoms with Crippen LogP contribution in [-0.2, 0) is 16.6 Å². The van der Waals surface area contributed by atoms with Gasteiger partial charge in [-0.2, -0.15) is 4.31 Å². The molecule has 2 aromatic carbocycles. The van der Waals surface area contributed by atoms with Crippen LogP contribution in [-0.4, -0.2) is 36.7 Å². The molecule has 0 unspecified atom stereocenters. The summed E-state index contributed by atoms with van der Waals surface area (Å²) in [5.41, 5.74) is 2.11. The predicted molar refractivity (Wildman–Crippen MR) is 123 cm³/mol. The number of benzene rings is 2. The number of carbonyl (C=O) groups is 1. The van der Waals surface area contributed by atoms with Crippen molar-refractivity contribution in [3.8, 4) is 17.0 Å². The molecule has 0 aliphatic carbocycles. The maximum absolute atomic E-state index is 12.9. The fourth-order valence-electron chi connectivity index (χ4n) is 4.11. The molecule has 0 saturated carbocycles. The van der Waals surface area contributed by atoms with E-state index in [1.807, 2.05) is 24.3 Å². The molecule has 5 rings (SSSR count). The van der Waals surface area contributed by atoms with E-state index in [1.54, 1.807) is 12.1 Å². The molecule has 0 radical (unpaired) electrons. The number of para-hydroxylation sites is 1. The average molecular weight is 470 g/mol.